The van der Waals surface area contributed by atoms with Gasteiger partial charge < -0.3 is 100 Å². The van der Waals surface area contributed by atoms with E-state index in [0.717, 1.165) is 6.42 Å². The lowest BCUT2D eigenvalue weighted by Crippen LogP contribution is -2.62. The number of aliphatic hydroxyl groups excluding tert-OH is 2. The molecule has 0 radical (unpaired) electrons. The number of carboxylic acid groups (broad SMARTS) is 1. The third-order valence-electron chi connectivity index (χ3n) is 19.8. The first-order valence-corrected chi connectivity index (χ1v) is 38.7. The smallest absolute Gasteiger partial charge is 0.303 e. The van der Waals surface area contributed by atoms with Gasteiger partial charge in [0.05, 0.1) is 12.2 Å². The van der Waals surface area contributed by atoms with Crippen LogP contribution in [-0.2, 0) is 81.6 Å². The van der Waals surface area contributed by atoms with E-state index in [-0.39, 0.29) is 101 Å². The molecular formula is C78H115N15O18. The van der Waals surface area contributed by atoms with Crippen molar-refractivity contribution in [1.29, 1.82) is 0 Å². The Bertz CT molecular complexity index is 3770. The molecule has 12 amide bonds. The SMILES string of the molecule is CCC[C@@H]1NC(=O)[C@H](Cc2c[nH]c3ncccc23)NC(=O)[C@H]([C@@H](C)O)NC(=O)[C@H](CCCCN)NC(=O)[C@H](Cc2ccc(O)cc2)NC(=O)[C@H](C(C)(C)C)NC(=O)CCCCCNC(=O)CCCCNC(=O)[C@H]([C@@H](C)O)NC(=O)[C@H](C2CCCCC2)NC(=O)[C@H](CCc2ccc(O)cc2)NC(=O)[C@H](CCC(=O)O)NC1=O. The lowest BCUT2D eigenvalue weighted by atomic mass is 9.83. The van der Waals surface area contributed by atoms with Crippen LogP contribution in [0.2, 0.25) is 0 Å². The summed E-state index contributed by atoms with van der Waals surface area (Å²) >= 11 is 0. The number of hydrogen-bond donors (Lipinski definition) is 19. The van der Waals surface area contributed by atoms with E-state index in [0.29, 0.717) is 91.9 Å². The number of unbranched alkanes of at least 4 members (excludes halogenated alkanes) is 1. The van der Waals surface area contributed by atoms with Gasteiger partial charge in [-0.3, -0.25) is 62.3 Å². The van der Waals surface area contributed by atoms with Crippen LogP contribution in [0.1, 0.15) is 187 Å². The highest BCUT2D eigenvalue weighted by atomic mass is 16.4. The Morgan fingerprint density at radius 2 is 1.01 bits per heavy atom. The third-order valence-corrected chi connectivity index (χ3v) is 19.8. The van der Waals surface area contributed by atoms with Crippen molar-refractivity contribution < 1.29 is 87.9 Å². The number of aromatic hydroxyl groups is 2. The van der Waals surface area contributed by atoms with Gasteiger partial charge in [0.1, 0.15) is 77.6 Å². The van der Waals surface area contributed by atoms with Crippen molar-refractivity contribution in [3.8, 4) is 11.5 Å². The molecule has 2 aliphatic rings. The molecule has 2 fully saturated rings. The van der Waals surface area contributed by atoms with Gasteiger partial charge in [-0.15, -0.1) is 0 Å². The highest BCUT2D eigenvalue weighted by Crippen LogP contribution is 2.28. The van der Waals surface area contributed by atoms with Crippen molar-refractivity contribution in [3.05, 3.63) is 89.7 Å². The fourth-order valence-electron chi connectivity index (χ4n) is 13.4. The topological polar surface area (TPSA) is 522 Å². The minimum atomic E-state index is -1.86. The van der Waals surface area contributed by atoms with E-state index in [1.807, 2.05) is 0 Å². The molecule has 12 atom stereocenters. The van der Waals surface area contributed by atoms with Crippen LogP contribution in [0.3, 0.4) is 0 Å². The van der Waals surface area contributed by atoms with Crippen molar-refractivity contribution in [2.45, 2.75) is 262 Å². The summed E-state index contributed by atoms with van der Waals surface area (Å²) in [6.07, 6.45) is 4.04. The maximum Gasteiger partial charge on any atom is 0.303 e. The molecule has 0 bridgehead atoms. The second kappa shape index (κ2) is 45.1. The number of nitrogens with one attached hydrogen (secondary N) is 13. The van der Waals surface area contributed by atoms with Crippen LogP contribution in [0, 0.1) is 11.3 Å². The number of rotatable bonds is 19. The van der Waals surface area contributed by atoms with Crippen LogP contribution < -0.4 is 69.5 Å². The first kappa shape index (κ1) is 89.6. The molecule has 0 spiro atoms. The summed E-state index contributed by atoms with van der Waals surface area (Å²) in [5.74, 6) is -11.9. The summed E-state index contributed by atoms with van der Waals surface area (Å²) in [5.41, 5.74) is 6.86. The van der Waals surface area contributed by atoms with E-state index in [4.69, 9.17) is 5.73 Å². The zero-order chi connectivity index (χ0) is 81.3. The molecule has 610 valence electrons. The van der Waals surface area contributed by atoms with Crippen LogP contribution in [-0.4, -0.2) is 205 Å². The van der Waals surface area contributed by atoms with Gasteiger partial charge in [0.25, 0.3) is 0 Å². The number of benzene rings is 2. The van der Waals surface area contributed by atoms with Crippen molar-refractivity contribution in [1.82, 2.24) is 73.8 Å². The number of carbonyl (C=O) groups excluding carboxylic acids is 12. The van der Waals surface area contributed by atoms with Gasteiger partial charge >= 0.3 is 5.97 Å². The molecule has 2 aromatic heterocycles. The Morgan fingerprint density at radius 3 is 1.61 bits per heavy atom. The van der Waals surface area contributed by atoms with Crippen molar-refractivity contribution in [2.75, 3.05) is 19.6 Å². The second-order valence-corrected chi connectivity index (χ2v) is 30.0. The summed E-state index contributed by atoms with van der Waals surface area (Å²) in [6, 6.07) is -0.0515. The molecule has 1 aliphatic carbocycles. The quantitative estimate of drug-likeness (QED) is 0.0590. The number of carbonyl (C=O) groups is 13. The Labute approximate surface area is 646 Å². The van der Waals surface area contributed by atoms with Crippen molar-refractivity contribution >= 4 is 87.9 Å². The maximum atomic E-state index is 15.0. The Hall–Kier alpha value is -10.3. The average molecular weight is 1550 g/mol. The van der Waals surface area contributed by atoms with E-state index >= 15 is 4.79 Å². The first-order valence-electron chi connectivity index (χ1n) is 38.7. The predicted molar refractivity (Wildman–Crippen MR) is 410 cm³/mol. The van der Waals surface area contributed by atoms with E-state index in [2.05, 4.69) is 73.8 Å². The summed E-state index contributed by atoms with van der Waals surface area (Å²) in [4.78, 5) is 193. The first-order chi connectivity index (χ1) is 52.8. The molecule has 33 heteroatoms. The van der Waals surface area contributed by atoms with Crippen LogP contribution in [0.4, 0.5) is 0 Å². The number of nitrogens with two attached hydrogens (primary N) is 1. The van der Waals surface area contributed by atoms with Crippen molar-refractivity contribution in [2.24, 2.45) is 17.1 Å². The van der Waals surface area contributed by atoms with Gasteiger partial charge in [-0.25, -0.2) is 4.98 Å². The van der Waals surface area contributed by atoms with Gasteiger partial charge in [-0.1, -0.05) is 84.1 Å². The third kappa shape index (κ3) is 29.8. The fourth-order valence-corrected chi connectivity index (χ4v) is 13.4. The van der Waals surface area contributed by atoms with Crippen LogP contribution >= 0.6 is 0 Å². The Balaban J connectivity index is 1.36. The molecule has 1 aliphatic heterocycles. The zero-order valence-electron chi connectivity index (χ0n) is 64.4. The normalized spacial score (nSPS) is 24.4. The number of H-pyrrole nitrogens is 1. The number of aliphatic hydroxyl groups is 2. The highest BCUT2D eigenvalue weighted by molar-refractivity contribution is 6.00. The molecule has 6 rings (SSSR count). The Kier molecular flexibility index (Phi) is 36.4. The fraction of sp³-hybridized carbons (Fsp3) is 0.590. The number of aryl methyl sites for hydroxylation is 1. The number of phenols is 2. The van der Waals surface area contributed by atoms with Gasteiger partial charge in [0, 0.05) is 63.0 Å². The van der Waals surface area contributed by atoms with Gasteiger partial charge in [0.15, 0.2) is 0 Å². The number of pyridine rings is 1. The number of aromatic amines is 1. The molecule has 33 nitrogen and oxygen atoms in total. The van der Waals surface area contributed by atoms with Crippen LogP contribution in [0.25, 0.3) is 11.0 Å². The van der Waals surface area contributed by atoms with E-state index < -0.39 is 168 Å². The summed E-state index contributed by atoms with van der Waals surface area (Å²) in [5, 5.41) is 85.5. The summed E-state index contributed by atoms with van der Waals surface area (Å²) in [6.45, 7) is 9.86. The van der Waals surface area contributed by atoms with Gasteiger partial charge in [-0.2, -0.15) is 0 Å². The second-order valence-electron chi connectivity index (χ2n) is 30.0. The molecule has 4 aromatic rings. The molecule has 1 saturated heterocycles. The largest absolute Gasteiger partial charge is 0.508 e. The average Bonchev–Trinajstić information content (AvgIpc) is 1.80. The molecular weight excluding hydrogens is 1430 g/mol. The minimum absolute atomic E-state index is 0.00257. The monoisotopic (exact) mass is 1550 g/mol. The summed E-state index contributed by atoms with van der Waals surface area (Å²) in [7, 11) is 0. The predicted octanol–water partition coefficient (Wildman–Crippen LogP) is 1.40. The van der Waals surface area contributed by atoms with E-state index in [1.54, 1.807) is 58.2 Å². The minimum Gasteiger partial charge on any atom is -0.508 e. The van der Waals surface area contributed by atoms with Gasteiger partial charge in [-0.05, 0) is 168 Å². The molecule has 111 heavy (non-hydrogen) atoms. The lowest BCUT2D eigenvalue weighted by Gasteiger charge is -2.33. The molecule has 3 heterocycles. The number of nitrogens with zero attached hydrogens (tertiary/aromatic N) is 1. The number of carboxylic acids is 1. The number of fused-ring (bicyclic) bond motifs is 1. The van der Waals surface area contributed by atoms with Crippen molar-refractivity contribution in [3.63, 3.8) is 0 Å². The van der Waals surface area contributed by atoms with E-state index in [9.17, 15) is 83.1 Å². The highest BCUT2D eigenvalue weighted by Gasteiger charge is 2.41. The Morgan fingerprint density at radius 1 is 0.514 bits per heavy atom. The number of amides is 12. The summed E-state index contributed by atoms with van der Waals surface area (Å²) < 4.78 is 0. The van der Waals surface area contributed by atoms with E-state index in [1.165, 1.54) is 56.4 Å². The standard InChI is InChI=1S/C78H115N15O18/c1-7-19-54-68(102)87-57(36-37-62(100)101)69(103)86-56(35-30-47-26-31-51(96)32-27-47)71(105)93-65(49-20-10-8-11-21-49)76(110)92-63(45(2)94)74(108)82-40-17-14-24-60(98)80-39-16-9-12-25-61(99)90-66(78(4,5)6)77(111)89-58(42-48-28-33-52(97)34-29-48)72(106)85-55(23-13-15-38-79)70(104)91-64(46(3)95)75(109)88-59(73(107)84-54)43-50-44-83-67-53(50)22-18-41-81-67/h18,22,26-29,31-34,41,44-46,49,54-59,63-66,94-97H,7-17,19-21,23-25,30,35-40,42-43,79H2,1-6H3,(H,80,98)(H,81,83)(H,82,108)(H,84,107)(H,85,106)(H,86,103)(H,87,102)(H,88,109)(H,89,111)(H,90,99)(H,91,104)(H,92,110)(H,93,105)(H,100,101)/t45-,46-,54+,55+,56+,57+,58+,59+,63+,64+,65+,66-/m1/s1. The zero-order valence-corrected chi connectivity index (χ0v) is 64.4. The number of aromatic nitrogens is 2. The molecule has 1 saturated carbocycles. The number of phenolic OH excluding ortho intramolecular Hbond substituents is 2. The molecule has 20 N–H and O–H groups in total. The maximum absolute atomic E-state index is 15.0. The van der Waals surface area contributed by atoms with Crippen LogP contribution in [0.15, 0.2) is 73.1 Å². The van der Waals surface area contributed by atoms with Gasteiger partial charge in [0.2, 0.25) is 70.9 Å². The van der Waals surface area contributed by atoms with Crippen LogP contribution in [0.5, 0.6) is 11.5 Å². The molecule has 0 unspecified atom stereocenters. The number of aliphatic carboxylic acids is 1. The molecule has 2 aromatic carbocycles. The number of hydrogen-bond acceptors (Lipinski definition) is 19. The lowest BCUT2D eigenvalue weighted by molar-refractivity contribution is -0.139.